The number of hydrogen-bond acceptors (Lipinski definition) is 6. The Labute approximate surface area is 201 Å². The predicted molar refractivity (Wildman–Crippen MR) is 122 cm³/mol. The quantitative estimate of drug-likeness (QED) is 0.474. The van der Waals surface area contributed by atoms with Gasteiger partial charge in [0, 0.05) is 23.6 Å². The Kier molecular flexibility index (Phi) is 5.36. The first kappa shape index (κ1) is 22.8. The summed E-state index contributed by atoms with van der Waals surface area (Å²) in [6.07, 6.45) is 3.50. The zero-order chi connectivity index (χ0) is 24.5. The minimum absolute atomic E-state index is 0.00470. The Morgan fingerprint density at radius 2 is 1.69 bits per heavy atom. The van der Waals surface area contributed by atoms with Crippen molar-refractivity contribution in [3.8, 4) is 0 Å². The molecule has 0 unspecified atom stereocenters. The second-order valence-electron chi connectivity index (χ2n) is 10.5. The number of nitrogens with zero attached hydrogens (tertiary/aromatic N) is 6. The number of aromatic nitrogens is 6. The average molecular weight is 487 g/mol. The highest BCUT2D eigenvalue weighted by atomic mass is 19.4. The van der Waals surface area contributed by atoms with E-state index in [-0.39, 0.29) is 36.9 Å². The van der Waals surface area contributed by atoms with E-state index < -0.39 is 12.1 Å². The number of fused-ring (bicyclic) bond motifs is 1. The summed E-state index contributed by atoms with van der Waals surface area (Å²) in [4.78, 5) is 19.0. The molecule has 3 atom stereocenters. The normalized spacial score (nSPS) is 29.4. The molecule has 0 aromatic carbocycles. The first-order chi connectivity index (χ1) is 16.7. The standard InChI is InChI=1S/C25H29F3N6O/c1-12-6-16(9-20(35-12)17-10-29-34(11-17)19-4-5-19)23-32-21(15-7-18(8-15)25(26,27)28)22-24(33-23)31-14(3)13(2)30-22/h10-12,15-16,18-20H,4-9H2,1-3H3/t12-,15?,16-,18?,20+/m0/s1. The summed E-state index contributed by atoms with van der Waals surface area (Å²) in [5.41, 5.74) is 4.17. The highest BCUT2D eigenvalue weighted by Gasteiger charge is 2.49. The van der Waals surface area contributed by atoms with Crippen molar-refractivity contribution in [2.75, 3.05) is 0 Å². The molecule has 1 saturated heterocycles. The van der Waals surface area contributed by atoms with Crippen LogP contribution < -0.4 is 0 Å². The van der Waals surface area contributed by atoms with E-state index in [1.807, 2.05) is 31.6 Å². The van der Waals surface area contributed by atoms with Crippen LogP contribution in [0.4, 0.5) is 13.2 Å². The number of halogens is 3. The molecule has 0 spiro atoms. The van der Waals surface area contributed by atoms with E-state index in [1.165, 1.54) is 0 Å². The Morgan fingerprint density at radius 3 is 2.40 bits per heavy atom. The minimum Gasteiger partial charge on any atom is -0.370 e. The van der Waals surface area contributed by atoms with Gasteiger partial charge in [0.1, 0.15) is 11.3 Å². The third-order valence-electron chi connectivity index (χ3n) is 7.77. The Bertz CT molecular complexity index is 1260. The molecule has 35 heavy (non-hydrogen) atoms. The molecule has 6 rings (SSSR count). The number of rotatable bonds is 4. The van der Waals surface area contributed by atoms with E-state index >= 15 is 0 Å². The van der Waals surface area contributed by atoms with E-state index in [0.717, 1.165) is 36.2 Å². The number of aryl methyl sites for hydroxylation is 2. The molecule has 3 fully saturated rings. The lowest BCUT2D eigenvalue weighted by molar-refractivity contribution is -0.197. The molecule has 2 aliphatic carbocycles. The monoisotopic (exact) mass is 486 g/mol. The maximum atomic E-state index is 13.2. The second kappa shape index (κ2) is 8.21. The third-order valence-corrected chi connectivity index (χ3v) is 7.77. The van der Waals surface area contributed by atoms with Crippen LogP contribution in [-0.4, -0.2) is 42.0 Å². The van der Waals surface area contributed by atoms with Gasteiger partial charge in [-0.15, -0.1) is 0 Å². The van der Waals surface area contributed by atoms with Gasteiger partial charge in [0.15, 0.2) is 5.65 Å². The van der Waals surface area contributed by atoms with Crippen LogP contribution in [-0.2, 0) is 4.74 Å². The van der Waals surface area contributed by atoms with Gasteiger partial charge in [-0.2, -0.15) is 18.3 Å². The van der Waals surface area contributed by atoms with Crippen LogP contribution in [0.25, 0.3) is 11.2 Å². The largest absolute Gasteiger partial charge is 0.391 e. The SMILES string of the molecule is Cc1nc2nc([C@H]3C[C@H](C)O[C@@H](c4cnn(C5CC5)c4)C3)nc(C3CC(C(F)(F)F)C3)c2nc1C. The van der Waals surface area contributed by atoms with Gasteiger partial charge < -0.3 is 4.74 Å². The molecule has 0 radical (unpaired) electrons. The van der Waals surface area contributed by atoms with Crippen LogP contribution in [0.2, 0.25) is 0 Å². The van der Waals surface area contributed by atoms with E-state index in [1.54, 1.807) is 0 Å². The summed E-state index contributed by atoms with van der Waals surface area (Å²) in [5.74, 6) is -0.920. The van der Waals surface area contributed by atoms with Crippen LogP contribution in [0, 0.1) is 19.8 Å². The summed E-state index contributed by atoms with van der Waals surface area (Å²) in [6, 6.07) is 0.500. The van der Waals surface area contributed by atoms with Crippen molar-refractivity contribution in [1.29, 1.82) is 0 Å². The smallest absolute Gasteiger partial charge is 0.370 e. The molecule has 7 nitrogen and oxygen atoms in total. The molecular formula is C25H29F3N6O. The van der Waals surface area contributed by atoms with Crippen molar-refractivity contribution < 1.29 is 17.9 Å². The van der Waals surface area contributed by atoms with Crippen molar-refractivity contribution in [1.82, 2.24) is 29.7 Å². The molecule has 10 heteroatoms. The Hall–Kier alpha value is -2.62. The molecule has 0 bridgehead atoms. The number of alkyl halides is 3. The molecule has 3 aliphatic rings. The minimum atomic E-state index is -4.17. The highest BCUT2D eigenvalue weighted by molar-refractivity contribution is 5.73. The third kappa shape index (κ3) is 4.30. The van der Waals surface area contributed by atoms with Gasteiger partial charge in [-0.05, 0) is 59.3 Å². The van der Waals surface area contributed by atoms with Crippen LogP contribution >= 0.6 is 0 Å². The maximum Gasteiger partial charge on any atom is 0.391 e. The number of ether oxygens (including phenoxy) is 1. The van der Waals surface area contributed by atoms with Gasteiger partial charge in [-0.25, -0.2) is 19.9 Å². The summed E-state index contributed by atoms with van der Waals surface area (Å²) < 4.78 is 47.9. The van der Waals surface area contributed by atoms with Gasteiger partial charge in [-0.1, -0.05) is 0 Å². The molecule has 3 aromatic rings. The summed E-state index contributed by atoms with van der Waals surface area (Å²) in [7, 11) is 0. The fraction of sp³-hybridized carbons (Fsp3) is 0.640. The number of hydrogen-bond donors (Lipinski definition) is 0. The van der Waals surface area contributed by atoms with E-state index in [0.29, 0.717) is 35.1 Å². The predicted octanol–water partition coefficient (Wildman–Crippen LogP) is 5.65. The molecule has 3 aromatic heterocycles. The van der Waals surface area contributed by atoms with E-state index in [4.69, 9.17) is 14.7 Å². The average Bonchev–Trinajstić information content (AvgIpc) is 3.48. The van der Waals surface area contributed by atoms with Gasteiger partial charge in [-0.3, -0.25) is 4.68 Å². The molecule has 0 amide bonds. The Balaban J connectivity index is 1.34. The van der Waals surface area contributed by atoms with Gasteiger partial charge in [0.05, 0.1) is 47.4 Å². The second-order valence-corrected chi connectivity index (χ2v) is 10.5. The van der Waals surface area contributed by atoms with Crippen LogP contribution in [0.5, 0.6) is 0 Å². The van der Waals surface area contributed by atoms with Crippen molar-refractivity contribution in [2.45, 2.75) is 95.6 Å². The lowest BCUT2D eigenvalue weighted by Gasteiger charge is -2.37. The lowest BCUT2D eigenvalue weighted by atomic mass is 9.72. The zero-order valence-corrected chi connectivity index (χ0v) is 20.1. The zero-order valence-electron chi connectivity index (χ0n) is 20.1. The van der Waals surface area contributed by atoms with Crippen LogP contribution in [0.15, 0.2) is 12.4 Å². The molecule has 1 aliphatic heterocycles. The van der Waals surface area contributed by atoms with Gasteiger partial charge in [0.2, 0.25) is 0 Å². The van der Waals surface area contributed by atoms with E-state index in [2.05, 4.69) is 21.3 Å². The van der Waals surface area contributed by atoms with Gasteiger partial charge >= 0.3 is 6.18 Å². The molecule has 0 N–H and O–H groups in total. The lowest BCUT2D eigenvalue weighted by Crippen LogP contribution is -2.35. The van der Waals surface area contributed by atoms with Crippen molar-refractivity contribution in [3.05, 3.63) is 40.9 Å². The van der Waals surface area contributed by atoms with Crippen LogP contribution in [0.1, 0.15) is 97.9 Å². The van der Waals surface area contributed by atoms with Crippen LogP contribution in [0.3, 0.4) is 0 Å². The molecular weight excluding hydrogens is 457 g/mol. The van der Waals surface area contributed by atoms with Crippen molar-refractivity contribution in [3.63, 3.8) is 0 Å². The first-order valence-electron chi connectivity index (χ1n) is 12.4. The summed E-state index contributed by atoms with van der Waals surface area (Å²) in [5, 5.41) is 4.51. The summed E-state index contributed by atoms with van der Waals surface area (Å²) >= 11 is 0. The highest BCUT2D eigenvalue weighted by Crippen LogP contribution is 2.50. The molecule has 4 heterocycles. The Morgan fingerprint density at radius 1 is 0.943 bits per heavy atom. The fourth-order valence-corrected chi connectivity index (χ4v) is 5.36. The molecule has 186 valence electrons. The maximum absolute atomic E-state index is 13.2. The van der Waals surface area contributed by atoms with Crippen molar-refractivity contribution in [2.24, 2.45) is 5.92 Å². The first-order valence-corrected chi connectivity index (χ1v) is 12.4. The topological polar surface area (TPSA) is 78.6 Å². The fourth-order valence-electron chi connectivity index (χ4n) is 5.36. The van der Waals surface area contributed by atoms with Crippen molar-refractivity contribution >= 4 is 11.2 Å². The molecule has 2 saturated carbocycles. The van der Waals surface area contributed by atoms with E-state index in [9.17, 15) is 13.2 Å². The van der Waals surface area contributed by atoms with Gasteiger partial charge in [0.25, 0.3) is 0 Å². The summed E-state index contributed by atoms with van der Waals surface area (Å²) in [6.45, 7) is 5.77.